The summed E-state index contributed by atoms with van der Waals surface area (Å²) in [4.78, 5) is 50.1. The van der Waals surface area contributed by atoms with Crippen LogP contribution in [0.5, 0.6) is 0 Å². The smallest absolute Gasteiger partial charge is 0.264 e. The number of nitrogens with two attached hydrogens (primary N) is 1. The lowest BCUT2D eigenvalue weighted by molar-refractivity contribution is -0.136. The van der Waals surface area contributed by atoms with Crippen molar-refractivity contribution in [2.45, 2.75) is 51.1 Å². The zero-order valence-corrected chi connectivity index (χ0v) is 15.3. The van der Waals surface area contributed by atoms with Gasteiger partial charge in [0.05, 0.1) is 11.1 Å². The van der Waals surface area contributed by atoms with E-state index in [1.165, 1.54) is 0 Å². The Morgan fingerprint density at radius 1 is 1.22 bits per heavy atom. The number of benzene rings is 1. The Morgan fingerprint density at radius 3 is 2.70 bits per heavy atom. The first-order chi connectivity index (χ1) is 12.9. The number of imide groups is 2. The number of nitrogens with one attached hydrogen (secondary N) is 2. The monoisotopic (exact) mass is 372 g/mol. The van der Waals surface area contributed by atoms with Crippen LogP contribution in [-0.2, 0) is 9.59 Å². The summed E-state index contributed by atoms with van der Waals surface area (Å²) in [5.74, 6) is -2.01. The summed E-state index contributed by atoms with van der Waals surface area (Å²) in [7, 11) is 0. The minimum Gasteiger partial charge on any atom is -0.384 e. The lowest BCUT2D eigenvalue weighted by Crippen LogP contribution is -2.54. The van der Waals surface area contributed by atoms with Gasteiger partial charge in [-0.05, 0) is 31.4 Å². The van der Waals surface area contributed by atoms with Crippen LogP contribution in [0.1, 0.15) is 59.7 Å². The van der Waals surface area contributed by atoms with Gasteiger partial charge < -0.3 is 11.1 Å². The number of nitrogens with zero attached hydrogens (tertiary/aromatic N) is 1. The number of rotatable bonds is 7. The van der Waals surface area contributed by atoms with Crippen molar-refractivity contribution in [3.63, 3.8) is 0 Å². The molecule has 2 unspecified atom stereocenters. The van der Waals surface area contributed by atoms with E-state index < -0.39 is 29.7 Å². The van der Waals surface area contributed by atoms with Gasteiger partial charge in [0.15, 0.2) is 0 Å². The fourth-order valence-corrected chi connectivity index (χ4v) is 3.57. The molecule has 2 aliphatic heterocycles. The molecule has 3 rings (SSSR count). The normalized spacial score (nSPS) is 20.5. The van der Waals surface area contributed by atoms with Crippen LogP contribution in [0.25, 0.3) is 0 Å². The molecule has 2 aliphatic rings. The zero-order valence-electron chi connectivity index (χ0n) is 15.3. The molecule has 8 nitrogen and oxygen atoms in total. The highest BCUT2D eigenvalue weighted by molar-refractivity contribution is 6.25. The van der Waals surface area contributed by atoms with E-state index in [-0.39, 0.29) is 30.0 Å². The maximum Gasteiger partial charge on any atom is 0.264 e. The summed E-state index contributed by atoms with van der Waals surface area (Å²) in [5, 5.41) is 5.39. The molecule has 2 atom stereocenters. The second kappa shape index (κ2) is 7.87. The number of hydrogen-bond donors (Lipinski definition) is 3. The summed E-state index contributed by atoms with van der Waals surface area (Å²) >= 11 is 0. The van der Waals surface area contributed by atoms with Crippen molar-refractivity contribution in [2.24, 2.45) is 5.73 Å². The molecule has 0 saturated carbocycles. The highest BCUT2D eigenvalue weighted by atomic mass is 16.2. The second-order valence-corrected chi connectivity index (χ2v) is 6.94. The van der Waals surface area contributed by atoms with Gasteiger partial charge in [0.25, 0.3) is 11.8 Å². The predicted molar refractivity (Wildman–Crippen MR) is 99.1 cm³/mol. The van der Waals surface area contributed by atoms with E-state index in [2.05, 4.69) is 17.6 Å². The van der Waals surface area contributed by atoms with Crippen LogP contribution in [0, 0.1) is 0 Å². The van der Waals surface area contributed by atoms with Gasteiger partial charge in [-0.3, -0.25) is 29.4 Å². The Hall–Kier alpha value is -2.74. The first kappa shape index (κ1) is 19.0. The van der Waals surface area contributed by atoms with Crippen LogP contribution in [0.4, 0.5) is 5.69 Å². The molecule has 0 aromatic heterocycles. The first-order valence-corrected chi connectivity index (χ1v) is 9.28. The van der Waals surface area contributed by atoms with Crippen molar-refractivity contribution < 1.29 is 19.2 Å². The Labute approximate surface area is 157 Å². The topological polar surface area (TPSA) is 122 Å². The summed E-state index contributed by atoms with van der Waals surface area (Å²) < 4.78 is 0. The van der Waals surface area contributed by atoms with E-state index in [1.54, 1.807) is 18.2 Å². The number of carbonyl (C=O) groups is 4. The van der Waals surface area contributed by atoms with E-state index >= 15 is 0 Å². The maximum absolute atomic E-state index is 12.9. The predicted octanol–water partition coefficient (Wildman–Crippen LogP) is 1.02. The Morgan fingerprint density at radius 2 is 2.00 bits per heavy atom. The molecule has 4 N–H and O–H groups in total. The summed E-state index contributed by atoms with van der Waals surface area (Å²) in [6, 6.07) is 4.14. The number of piperidine rings is 1. The van der Waals surface area contributed by atoms with Crippen molar-refractivity contribution in [1.82, 2.24) is 10.2 Å². The molecule has 27 heavy (non-hydrogen) atoms. The van der Waals surface area contributed by atoms with Gasteiger partial charge in [0.1, 0.15) is 6.04 Å². The molecule has 0 radical (unpaired) electrons. The highest BCUT2D eigenvalue weighted by Gasteiger charge is 2.45. The standard InChI is InChI=1S/C19H24N4O4/c1-2-4-11(20)9-10-21-13-6-3-5-12-16(13)19(27)23(18(12)26)14-7-8-15(24)22-17(14)25/h3,5-6,11,14,21H,2,4,7-10,20H2,1H3,(H,22,24,25). The summed E-state index contributed by atoms with van der Waals surface area (Å²) in [5.41, 5.74) is 7.12. The molecule has 2 heterocycles. The molecule has 0 aliphatic carbocycles. The molecule has 4 amide bonds. The van der Waals surface area contributed by atoms with E-state index in [1.807, 2.05) is 0 Å². The van der Waals surface area contributed by atoms with E-state index in [4.69, 9.17) is 5.73 Å². The molecule has 8 heteroatoms. The quantitative estimate of drug-likeness (QED) is 0.614. The fraction of sp³-hybridized carbons (Fsp3) is 0.474. The van der Waals surface area contributed by atoms with Gasteiger partial charge in [-0.1, -0.05) is 19.4 Å². The lowest BCUT2D eigenvalue weighted by atomic mass is 10.0. The van der Waals surface area contributed by atoms with Gasteiger partial charge in [-0.2, -0.15) is 0 Å². The third-order valence-corrected chi connectivity index (χ3v) is 4.96. The number of fused-ring (bicyclic) bond motifs is 1. The molecule has 0 bridgehead atoms. The molecular formula is C19H24N4O4. The zero-order chi connectivity index (χ0) is 19.6. The minimum absolute atomic E-state index is 0.0802. The van der Waals surface area contributed by atoms with Gasteiger partial charge >= 0.3 is 0 Å². The number of amides is 4. The summed E-state index contributed by atoms with van der Waals surface area (Å²) in [6.07, 6.45) is 2.93. The van der Waals surface area contributed by atoms with Crippen molar-refractivity contribution in [3.05, 3.63) is 29.3 Å². The average Bonchev–Trinajstić information content (AvgIpc) is 2.87. The lowest BCUT2D eigenvalue weighted by Gasteiger charge is -2.27. The van der Waals surface area contributed by atoms with Crippen LogP contribution in [-0.4, -0.2) is 47.2 Å². The van der Waals surface area contributed by atoms with Gasteiger partial charge in [0, 0.05) is 24.7 Å². The van der Waals surface area contributed by atoms with Crippen molar-refractivity contribution in [3.8, 4) is 0 Å². The SMILES string of the molecule is CCCC(N)CCNc1cccc2c1C(=O)N(C1CCC(=O)NC1=O)C2=O. The molecule has 144 valence electrons. The largest absolute Gasteiger partial charge is 0.384 e. The molecule has 1 fully saturated rings. The maximum atomic E-state index is 12.9. The Kier molecular flexibility index (Phi) is 5.55. The van der Waals surface area contributed by atoms with Crippen molar-refractivity contribution in [2.75, 3.05) is 11.9 Å². The van der Waals surface area contributed by atoms with Gasteiger partial charge in [-0.25, -0.2) is 0 Å². The van der Waals surface area contributed by atoms with E-state index in [0.717, 1.165) is 24.2 Å². The van der Waals surface area contributed by atoms with Crippen molar-refractivity contribution >= 4 is 29.3 Å². The van der Waals surface area contributed by atoms with Gasteiger partial charge in [-0.15, -0.1) is 0 Å². The highest BCUT2D eigenvalue weighted by Crippen LogP contribution is 2.32. The Balaban J connectivity index is 1.78. The third kappa shape index (κ3) is 3.71. The molecule has 1 aromatic carbocycles. The van der Waals surface area contributed by atoms with E-state index in [0.29, 0.717) is 12.2 Å². The first-order valence-electron chi connectivity index (χ1n) is 9.28. The number of anilines is 1. The van der Waals surface area contributed by atoms with Crippen LogP contribution < -0.4 is 16.4 Å². The third-order valence-electron chi connectivity index (χ3n) is 4.96. The number of carbonyl (C=O) groups excluding carboxylic acids is 4. The van der Waals surface area contributed by atoms with Crippen molar-refractivity contribution in [1.29, 1.82) is 0 Å². The average molecular weight is 372 g/mol. The second-order valence-electron chi connectivity index (χ2n) is 6.94. The fourth-order valence-electron chi connectivity index (χ4n) is 3.57. The molecular weight excluding hydrogens is 348 g/mol. The van der Waals surface area contributed by atoms with Crippen LogP contribution in [0.15, 0.2) is 18.2 Å². The number of hydrogen-bond acceptors (Lipinski definition) is 6. The molecule has 1 saturated heterocycles. The van der Waals surface area contributed by atoms with E-state index in [9.17, 15) is 19.2 Å². The summed E-state index contributed by atoms with van der Waals surface area (Å²) in [6.45, 7) is 2.66. The van der Waals surface area contributed by atoms with Gasteiger partial charge in [0.2, 0.25) is 11.8 Å². The van der Waals surface area contributed by atoms with Crippen LogP contribution in [0.2, 0.25) is 0 Å². The molecule has 0 spiro atoms. The van der Waals surface area contributed by atoms with Crippen LogP contribution >= 0.6 is 0 Å². The molecule has 1 aromatic rings. The Bertz CT molecular complexity index is 792. The van der Waals surface area contributed by atoms with Crippen LogP contribution in [0.3, 0.4) is 0 Å². The minimum atomic E-state index is -0.957.